The fourth-order valence-corrected chi connectivity index (χ4v) is 4.22. The van der Waals surface area contributed by atoms with Gasteiger partial charge in [0.25, 0.3) is 10.0 Å². The molecule has 0 bridgehead atoms. The Labute approximate surface area is 162 Å². The first-order valence-corrected chi connectivity index (χ1v) is 9.39. The molecule has 0 spiro atoms. The van der Waals surface area contributed by atoms with Crippen LogP contribution in [0.25, 0.3) is 11.3 Å². The maximum atomic E-state index is 14.4. The second kappa shape index (κ2) is 7.48. The largest absolute Gasteiger partial charge is 0.494 e. The molecule has 0 fully saturated rings. The predicted molar refractivity (Wildman–Crippen MR) is 93.1 cm³/mol. The standard InChI is InChI=1S/C18H13F5N2O3S/c1-28-18-9(7-24)8-25(17(18)16-14(22)4-10(19)5-15(16)23)29(26,27)11-2-3-12(20)13(21)6-11/h2-6,8H,7,24H2,1H3. The lowest BCUT2D eigenvalue weighted by Crippen LogP contribution is -2.15. The van der Waals surface area contributed by atoms with Crippen LogP contribution in [0.2, 0.25) is 0 Å². The molecule has 0 saturated heterocycles. The number of hydrogen-bond acceptors (Lipinski definition) is 4. The molecule has 1 heterocycles. The first-order chi connectivity index (χ1) is 13.6. The molecule has 0 atom stereocenters. The van der Waals surface area contributed by atoms with Gasteiger partial charge in [0.2, 0.25) is 0 Å². The normalized spacial score (nSPS) is 11.7. The molecule has 1 aromatic heterocycles. The number of ether oxygens (including phenoxy) is 1. The fourth-order valence-electron chi connectivity index (χ4n) is 2.82. The molecule has 154 valence electrons. The van der Waals surface area contributed by atoms with Crippen molar-refractivity contribution in [2.24, 2.45) is 5.73 Å². The van der Waals surface area contributed by atoms with Crippen molar-refractivity contribution in [1.29, 1.82) is 0 Å². The van der Waals surface area contributed by atoms with Crippen molar-refractivity contribution in [3.05, 3.63) is 71.2 Å². The summed E-state index contributed by atoms with van der Waals surface area (Å²) in [6, 6.07) is 2.51. The summed E-state index contributed by atoms with van der Waals surface area (Å²) in [4.78, 5) is -0.693. The van der Waals surface area contributed by atoms with E-state index in [-0.39, 0.29) is 17.9 Å². The fraction of sp³-hybridized carbons (Fsp3) is 0.111. The van der Waals surface area contributed by atoms with E-state index < -0.39 is 55.3 Å². The topological polar surface area (TPSA) is 74.3 Å². The van der Waals surface area contributed by atoms with Gasteiger partial charge in [0.05, 0.1) is 17.6 Å². The van der Waals surface area contributed by atoms with Crippen LogP contribution in [0.1, 0.15) is 5.56 Å². The van der Waals surface area contributed by atoms with E-state index in [9.17, 15) is 30.4 Å². The second-order valence-electron chi connectivity index (χ2n) is 5.86. The molecule has 3 aromatic rings. The van der Waals surface area contributed by atoms with Crippen LogP contribution >= 0.6 is 0 Å². The van der Waals surface area contributed by atoms with Gasteiger partial charge in [0, 0.05) is 30.4 Å². The first-order valence-electron chi connectivity index (χ1n) is 7.95. The van der Waals surface area contributed by atoms with E-state index in [1.165, 1.54) is 0 Å². The number of halogens is 5. The number of nitrogens with zero attached hydrogens (tertiary/aromatic N) is 1. The zero-order valence-corrected chi connectivity index (χ0v) is 15.5. The number of hydrogen-bond donors (Lipinski definition) is 1. The minimum Gasteiger partial charge on any atom is -0.494 e. The Morgan fingerprint density at radius 2 is 1.59 bits per heavy atom. The van der Waals surface area contributed by atoms with Crippen molar-refractivity contribution in [2.75, 3.05) is 7.11 Å². The van der Waals surface area contributed by atoms with Crippen molar-refractivity contribution in [3.8, 4) is 17.0 Å². The van der Waals surface area contributed by atoms with E-state index in [2.05, 4.69) is 0 Å². The van der Waals surface area contributed by atoms with Crippen LogP contribution in [0.3, 0.4) is 0 Å². The van der Waals surface area contributed by atoms with Gasteiger partial charge in [-0.15, -0.1) is 0 Å². The molecule has 3 rings (SSSR count). The van der Waals surface area contributed by atoms with Gasteiger partial charge in [-0.1, -0.05) is 0 Å². The summed E-state index contributed by atoms with van der Waals surface area (Å²) < 4.78 is 101. The molecular formula is C18H13F5N2O3S. The number of nitrogens with two attached hydrogens (primary N) is 1. The molecule has 29 heavy (non-hydrogen) atoms. The molecule has 2 aromatic carbocycles. The molecule has 5 nitrogen and oxygen atoms in total. The summed E-state index contributed by atoms with van der Waals surface area (Å²) in [5.74, 6) is -7.02. The minimum atomic E-state index is -4.68. The monoisotopic (exact) mass is 432 g/mol. The number of rotatable bonds is 5. The highest BCUT2D eigenvalue weighted by Gasteiger charge is 2.31. The van der Waals surface area contributed by atoms with E-state index in [1.54, 1.807) is 0 Å². The van der Waals surface area contributed by atoms with Gasteiger partial charge in [-0.05, 0) is 18.2 Å². The van der Waals surface area contributed by atoms with E-state index in [0.717, 1.165) is 19.4 Å². The summed E-state index contributed by atoms with van der Waals surface area (Å²) in [6.45, 7) is -0.277. The Kier molecular flexibility index (Phi) is 5.37. The third kappa shape index (κ3) is 3.47. The molecule has 0 aliphatic rings. The molecule has 0 amide bonds. The van der Waals surface area contributed by atoms with Crippen molar-refractivity contribution in [2.45, 2.75) is 11.4 Å². The zero-order valence-electron chi connectivity index (χ0n) is 14.7. The lowest BCUT2D eigenvalue weighted by atomic mass is 10.1. The highest BCUT2D eigenvalue weighted by atomic mass is 32.2. The summed E-state index contributed by atoms with van der Waals surface area (Å²) in [7, 11) is -3.56. The van der Waals surface area contributed by atoms with E-state index in [0.29, 0.717) is 28.2 Å². The summed E-state index contributed by atoms with van der Waals surface area (Å²) in [5.41, 5.74) is 4.11. The number of benzene rings is 2. The minimum absolute atomic E-state index is 0.0526. The number of methoxy groups -OCH3 is 1. The lowest BCUT2D eigenvalue weighted by molar-refractivity contribution is 0.411. The van der Waals surface area contributed by atoms with Crippen LogP contribution in [0.5, 0.6) is 5.75 Å². The van der Waals surface area contributed by atoms with Crippen LogP contribution in [0.4, 0.5) is 22.0 Å². The van der Waals surface area contributed by atoms with E-state index in [1.807, 2.05) is 0 Å². The van der Waals surface area contributed by atoms with Crippen LogP contribution in [-0.4, -0.2) is 19.5 Å². The van der Waals surface area contributed by atoms with Crippen LogP contribution in [0, 0.1) is 29.1 Å². The predicted octanol–water partition coefficient (Wildman–Crippen LogP) is 3.55. The van der Waals surface area contributed by atoms with Gasteiger partial charge < -0.3 is 10.5 Å². The zero-order chi connectivity index (χ0) is 21.5. The van der Waals surface area contributed by atoms with Crippen LogP contribution in [-0.2, 0) is 16.6 Å². The molecule has 2 N–H and O–H groups in total. The molecule has 0 aliphatic carbocycles. The molecule has 0 unspecified atom stereocenters. The van der Waals surface area contributed by atoms with E-state index in [4.69, 9.17) is 10.5 Å². The molecule has 11 heteroatoms. The molecule has 0 radical (unpaired) electrons. The van der Waals surface area contributed by atoms with Crippen molar-refractivity contribution < 1.29 is 35.1 Å². The Bertz CT molecular complexity index is 1190. The Hall–Kier alpha value is -2.92. The van der Waals surface area contributed by atoms with Crippen molar-refractivity contribution >= 4 is 10.0 Å². The van der Waals surface area contributed by atoms with E-state index >= 15 is 0 Å². The van der Waals surface area contributed by atoms with Gasteiger partial charge in [-0.2, -0.15) is 0 Å². The maximum Gasteiger partial charge on any atom is 0.268 e. The van der Waals surface area contributed by atoms with Gasteiger partial charge in [-0.3, -0.25) is 0 Å². The summed E-state index contributed by atoms with van der Waals surface area (Å²) in [5, 5.41) is 0. The van der Waals surface area contributed by atoms with Crippen LogP contribution in [0.15, 0.2) is 41.4 Å². The van der Waals surface area contributed by atoms with Gasteiger partial charge in [0.15, 0.2) is 11.6 Å². The van der Waals surface area contributed by atoms with Crippen LogP contribution < -0.4 is 10.5 Å². The highest BCUT2D eigenvalue weighted by molar-refractivity contribution is 7.90. The summed E-state index contributed by atoms with van der Waals surface area (Å²) in [6.07, 6.45) is 0.937. The Morgan fingerprint density at radius 1 is 0.966 bits per heavy atom. The SMILES string of the molecule is COc1c(CN)cn(S(=O)(=O)c2ccc(F)c(F)c2)c1-c1c(F)cc(F)cc1F. The van der Waals surface area contributed by atoms with Crippen molar-refractivity contribution in [1.82, 2.24) is 3.97 Å². The average molecular weight is 432 g/mol. The highest BCUT2D eigenvalue weighted by Crippen LogP contribution is 2.40. The second-order valence-corrected chi connectivity index (χ2v) is 7.68. The first kappa shape index (κ1) is 20.8. The lowest BCUT2D eigenvalue weighted by Gasteiger charge is -2.14. The molecular weight excluding hydrogens is 419 g/mol. The van der Waals surface area contributed by atoms with Crippen molar-refractivity contribution in [3.63, 3.8) is 0 Å². The summed E-state index contributed by atoms with van der Waals surface area (Å²) >= 11 is 0. The van der Waals surface area contributed by atoms with Gasteiger partial charge in [-0.25, -0.2) is 34.3 Å². The maximum absolute atomic E-state index is 14.4. The third-order valence-corrected chi connectivity index (χ3v) is 5.77. The van der Waals surface area contributed by atoms with Gasteiger partial charge in [0.1, 0.15) is 28.9 Å². The van der Waals surface area contributed by atoms with Gasteiger partial charge >= 0.3 is 0 Å². The third-order valence-electron chi connectivity index (χ3n) is 4.12. The quantitative estimate of drug-likeness (QED) is 0.626. The molecule has 0 saturated carbocycles. The average Bonchev–Trinajstić information content (AvgIpc) is 3.02. The molecule has 0 aliphatic heterocycles. The smallest absolute Gasteiger partial charge is 0.268 e. The Morgan fingerprint density at radius 3 is 2.10 bits per heavy atom. The number of aromatic nitrogens is 1. The Balaban J connectivity index is 2.39.